The van der Waals surface area contributed by atoms with Gasteiger partial charge in [-0.1, -0.05) is 0 Å². The van der Waals surface area contributed by atoms with Crippen molar-refractivity contribution in [2.75, 3.05) is 43.5 Å². The van der Waals surface area contributed by atoms with Crippen LogP contribution >= 0.6 is 27.3 Å². The second-order valence-electron chi connectivity index (χ2n) is 6.98. The zero-order chi connectivity index (χ0) is 17.6. The van der Waals surface area contributed by atoms with Crippen LogP contribution in [-0.4, -0.2) is 50.6 Å². The third-order valence-electron chi connectivity index (χ3n) is 5.24. The first-order valence-electron chi connectivity index (χ1n) is 8.64. The molecular weight excluding hydrogens is 398 g/mol. The van der Waals surface area contributed by atoms with E-state index in [0.29, 0.717) is 6.04 Å². The molecule has 0 bridgehead atoms. The van der Waals surface area contributed by atoms with Crippen molar-refractivity contribution in [1.82, 2.24) is 4.90 Å². The number of halogens is 1. The number of hydrogen-bond acceptors (Lipinski definition) is 4. The normalized spacial score (nSPS) is 20.5. The van der Waals surface area contributed by atoms with Gasteiger partial charge in [-0.3, -0.25) is 4.79 Å². The maximum absolute atomic E-state index is 12.8. The lowest BCUT2D eigenvalue weighted by atomic mass is 10.1. The van der Waals surface area contributed by atoms with Gasteiger partial charge in [-0.25, -0.2) is 0 Å². The van der Waals surface area contributed by atoms with Crippen LogP contribution in [0.15, 0.2) is 34.1 Å². The van der Waals surface area contributed by atoms with E-state index in [1.807, 2.05) is 4.90 Å². The van der Waals surface area contributed by atoms with Crippen LogP contribution in [0.1, 0.15) is 21.7 Å². The van der Waals surface area contributed by atoms with E-state index in [9.17, 15) is 4.79 Å². The summed E-state index contributed by atoms with van der Waals surface area (Å²) < 4.78 is 1.03. The Morgan fingerprint density at radius 3 is 2.56 bits per heavy atom. The molecule has 1 aromatic carbocycles. The average molecular weight is 420 g/mol. The molecule has 6 heteroatoms. The molecule has 132 valence electrons. The minimum atomic E-state index is 0.124. The molecule has 0 N–H and O–H groups in total. The quantitative estimate of drug-likeness (QED) is 0.755. The minimum absolute atomic E-state index is 0.124. The second-order valence-corrected chi connectivity index (χ2v) is 9.41. The van der Waals surface area contributed by atoms with Gasteiger partial charge in [-0.15, -0.1) is 11.3 Å². The molecule has 1 saturated heterocycles. The third kappa shape index (κ3) is 3.23. The first kappa shape index (κ1) is 17.1. The van der Waals surface area contributed by atoms with Crippen LogP contribution in [0.4, 0.5) is 11.4 Å². The fraction of sp³-hybridized carbons (Fsp3) is 0.421. The predicted octanol–water partition coefficient (Wildman–Crippen LogP) is 3.85. The number of hydrogen-bond donors (Lipinski definition) is 0. The Labute approximate surface area is 161 Å². The van der Waals surface area contributed by atoms with E-state index in [4.69, 9.17) is 0 Å². The van der Waals surface area contributed by atoms with Gasteiger partial charge in [0.2, 0.25) is 0 Å². The van der Waals surface area contributed by atoms with Gasteiger partial charge in [0, 0.05) is 37.1 Å². The SMILES string of the molecule is CN(C)[C@@H]1CCN(c2ccc(N3CCc4cc(Br)sc4C3=O)cc2)C1. The van der Waals surface area contributed by atoms with Crippen LogP contribution in [0.5, 0.6) is 0 Å². The minimum Gasteiger partial charge on any atom is -0.370 e. The van der Waals surface area contributed by atoms with E-state index < -0.39 is 0 Å². The molecular formula is C19H22BrN3OS. The first-order chi connectivity index (χ1) is 12.0. The lowest BCUT2D eigenvalue weighted by Crippen LogP contribution is -2.36. The summed E-state index contributed by atoms with van der Waals surface area (Å²) in [7, 11) is 4.30. The van der Waals surface area contributed by atoms with E-state index >= 15 is 0 Å². The topological polar surface area (TPSA) is 26.8 Å². The highest BCUT2D eigenvalue weighted by Crippen LogP contribution is 2.34. The number of rotatable bonds is 3. The molecule has 0 aliphatic carbocycles. The highest BCUT2D eigenvalue weighted by molar-refractivity contribution is 9.11. The number of fused-ring (bicyclic) bond motifs is 1. The van der Waals surface area contributed by atoms with Crippen LogP contribution in [0.25, 0.3) is 0 Å². The number of amides is 1. The largest absolute Gasteiger partial charge is 0.370 e. The molecule has 0 radical (unpaired) electrons. The van der Waals surface area contributed by atoms with Crippen LogP contribution in [-0.2, 0) is 6.42 Å². The summed E-state index contributed by atoms with van der Waals surface area (Å²) in [5.41, 5.74) is 3.41. The van der Waals surface area contributed by atoms with Gasteiger partial charge in [0.05, 0.1) is 8.66 Å². The van der Waals surface area contributed by atoms with Gasteiger partial charge in [0.25, 0.3) is 5.91 Å². The number of thiophene rings is 1. The monoisotopic (exact) mass is 419 g/mol. The number of carbonyl (C=O) groups excluding carboxylic acids is 1. The van der Waals surface area contributed by atoms with Gasteiger partial charge in [0.15, 0.2) is 0 Å². The second kappa shape index (κ2) is 6.74. The number of anilines is 2. The number of nitrogens with zero attached hydrogens (tertiary/aromatic N) is 3. The molecule has 4 nitrogen and oxygen atoms in total. The summed E-state index contributed by atoms with van der Waals surface area (Å²) in [6, 6.07) is 11.2. The summed E-state index contributed by atoms with van der Waals surface area (Å²) in [5.74, 6) is 0.124. The molecule has 4 rings (SSSR count). The standard InChI is InChI=1S/C19H22BrN3OS/c1-21(2)16-8-9-22(12-16)14-3-5-15(6-4-14)23-10-7-13-11-17(20)25-18(13)19(23)24/h3-6,11,16H,7-10,12H2,1-2H3/t16-/m1/s1. The highest BCUT2D eigenvalue weighted by Gasteiger charge is 2.28. The molecule has 1 amide bonds. The van der Waals surface area contributed by atoms with Crippen molar-refractivity contribution in [3.05, 3.63) is 44.6 Å². The Morgan fingerprint density at radius 1 is 1.16 bits per heavy atom. The fourth-order valence-electron chi connectivity index (χ4n) is 3.71. The van der Waals surface area contributed by atoms with Crippen molar-refractivity contribution in [3.8, 4) is 0 Å². The highest BCUT2D eigenvalue weighted by atomic mass is 79.9. The summed E-state index contributed by atoms with van der Waals surface area (Å²) in [5, 5.41) is 0. The fourth-order valence-corrected chi connectivity index (χ4v) is 5.35. The van der Waals surface area contributed by atoms with Gasteiger partial charge >= 0.3 is 0 Å². The van der Waals surface area contributed by atoms with Crippen LogP contribution in [0.3, 0.4) is 0 Å². The summed E-state index contributed by atoms with van der Waals surface area (Å²) in [6.45, 7) is 2.92. The van der Waals surface area contributed by atoms with E-state index in [-0.39, 0.29) is 5.91 Å². The van der Waals surface area contributed by atoms with Gasteiger partial charge in [0.1, 0.15) is 0 Å². The molecule has 3 heterocycles. The first-order valence-corrected chi connectivity index (χ1v) is 10.3. The van der Waals surface area contributed by atoms with Gasteiger partial charge in [-0.05, 0) is 78.8 Å². The number of carbonyl (C=O) groups is 1. The molecule has 2 aliphatic rings. The van der Waals surface area contributed by atoms with E-state index in [2.05, 4.69) is 70.2 Å². The zero-order valence-corrected chi connectivity index (χ0v) is 16.9. The Morgan fingerprint density at radius 2 is 1.88 bits per heavy atom. The number of benzene rings is 1. The zero-order valence-electron chi connectivity index (χ0n) is 14.5. The Kier molecular flexibility index (Phi) is 4.60. The third-order valence-corrected chi connectivity index (χ3v) is 6.91. The maximum Gasteiger partial charge on any atom is 0.268 e. The summed E-state index contributed by atoms with van der Waals surface area (Å²) in [6.07, 6.45) is 2.12. The molecule has 1 atom stereocenters. The molecule has 0 saturated carbocycles. The Bertz CT molecular complexity index is 786. The van der Waals surface area contributed by atoms with E-state index in [1.165, 1.54) is 29.0 Å². The average Bonchev–Trinajstić information content (AvgIpc) is 3.22. The van der Waals surface area contributed by atoms with E-state index in [0.717, 1.165) is 40.4 Å². The molecule has 1 aromatic heterocycles. The van der Waals surface area contributed by atoms with Crippen molar-refractivity contribution in [2.24, 2.45) is 0 Å². The van der Waals surface area contributed by atoms with Crippen LogP contribution in [0, 0.1) is 0 Å². The molecule has 2 aliphatic heterocycles. The maximum atomic E-state index is 12.8. The van der Waals surface area contributed by atoms with Crippen molar-refractivity contribution < 1.29 is 4.79 Å². The van der Waals surface area contributed by atoms with Gasteiger partial charge < -0.3 is 14.7 Å². The summed E-state index contributed by atoms with van der Waals surface area (Å²) in [4.78, 5) is 20.3. The predicted molar refractivity (Wildman–Crippen MR) is 108 cm³/mol. The molecule has 25 heavy (non-hydrogen) atoms. The van der Waals surface area contributed by atoms with E-state index in [1.54, 1.807) is 0 Å². The van der Waals surface area contributed by atoms with Crippen LogP contribution < -0.4 is 9.80 Å². The Balaban J connectivity index is 1.50. The lowest BCUT2D eigenvalue weighted by Gasteiger charge is -2.27. The van der Waals surface area contributed by atoms with Gasteiger partial charge in [-0.2, -0.15) is 0 Å². The summed E-state index contributed by atoms with van der Waals surface area (Å²) >= 11 is 5.03. The smallest absolute Gasteiger partial charge is 0.268 e. The van der Waals surface area contributed by atoms with Crippen molar-refractivity contribution >= 4 is 44.5 Å². The van der Waals surface area contributed by atoms with Crippen molar-refractivity contribution in [1.29, 1.82) is 0 Å². The van der Waals surface area contributed by atoms with Crippen LogP contribution in [0.2, 0.25) is 0 Å². The molecule has 2 aromatic rings. The number of likely N-dealkylation sites (N-methyl/N-ethyl adjacent to an activating group) is 1. The molecule has 0 spiro atoms. The molecule has 0 unspecified atom stereocenters. The Hall–Kier alpha value is -1.37. The molecule has 1 fully saturated rings. The van der Waals surface area contributed by atoms with Crippen molar-refractivity contribution in [2.45, 2.75) is 18.9 Å². The van der Waals surface area contributed by atoms with Crippen molar-refractivity contribution in [3.63, 3.8) is 0 Å². The lowest BCUT2D eigenvalue weighted by molar-refractivity contribution is 0.0985.